The molecule has 6 nitrogen and oxygen atoms in total. The van der Waals surface area contributed by atoms with Gasteiger partial charge in [0.15, 0.2) is 5.65 Å². The van der Waals surface area contributed by atoms with Crippen LogP contribution in [0.5, 0.6) is 0 Å². The molecule has 3 atom stereocenters. The lowest BCUT2D eigenvalue weighted by Gasteiger charge is -2.28. The van der Waals surface area contributed by atoms with Gasteiger partial charge in [0.1, 0.15) is 5.82 Å². The molecule has 168 valence electrons. The smallest absolute Gasteiger partial charge is 0.225 e. The van der Waals surface area contributed by atoms with Crippen molar-refractivity contribution in [2.75, 3.05) is 5.32 Å². The van der Waals surface area contributed by atoms with E-state index in [9.17, 15) is 4.79 Å². The van der Waals surface area contributed by atoms with Crippen molar-refractivity contribution in [3.8, 4) is 0 Å². The highest BCUT2D eigenvalue weighted by molar-refractivity contribution is 6.08. The average molecular weight is 423 g/mol. The van der Waals surface area contributed by atoms with E-state index in [2.05, 4.69) is 42.6 Å². The fourth-order valence-electron chi connectivity index (χ4n) is 4.83. The third-order valence-electron chi connectivity index (χ3n) is 6.78. The van der Waals surface area contributed by atoms with Gasteiger partial charge in [0.05, 0.1) is 14.0 Å². The molecule has 2 radical (unpaired) electrons. The topological polar surface area (TPSA) is 71.3 Å². The summed E-state index contributed by atoms with van der Waals surface area (Å²) in [6.45, 7) is 10.6. The standard InChI is InChI=1S/C24H38BN5O/c1-6-17(7-2)20-13-22(30-21(29-20)10-11-26-30)27-18-8-9-19(12-18)28-23(31)24(4,5)14-16(3)15-25/h10-11,13,16-19,27H,6-9,12,14-15H2,1-5H3,(H,28,31)/t16?,18-,19-/m0/s1. The molecular formula is C24H38BN5O. The normalized spacial score (nSPS) is 20.3. The molecule has 31 heavy (non-hydrogen) atoms. The highest BCUT2D eigenvalue weighted by Gasteiger charge is 2.33. The lowest BCUT2D eigenvalue weighted by Crippen LogP contribution is -2.43. The lowest BCUT2D eigenvalue weighted by atomic mass is 9.78. The van der Waals surface area contributed by atoms with Gasteiger partial charge in [-0.15, -0.1) is 0 Å². The summed E-state index contributed by atoms with van der Waals surface area (Å²) < 4.78 is 1.88. The Morgan fingerprint density at radius 3 is 2.68 bits per heavy atom. The Kier molecular flexibility index (Phi) is 7.66. The SMILES string of the molecule is [B]CC(C)CC(C)(C)C(=O)N[C@H]1CC[C@H](Nc2cc(C(CC)CC)nc3ccnn23)C1. The predicted octanol–water partition coefficient (Wildman–Crippen LogP) is 4.72. The Balaban J connectivity index is 1.66. The summed E-state index contributed by atoms with van der Waals surface area (Å²) in [5.41, 5.74) is 1.60. The molecule has 2 aromatic heterocycles. The number of carbonyl (C=O) groups excluding carboxylic acids is 1. The first-order chi connectivity index (χ1) is 14.8. The van der Waals surface area contributed by atoms with Crippen LogP contribution in [-0.2, 0) is 4.79 Å². The number of fused-ring (bicyclic) bond motifs is 1. The monoisotopic (exact) mass is 423 g/mol. The zero-order valence-corrected chi connectivity index (χ0v) is 19.8. The summed E-state index contributed by atoms with van der Waals surface area (Å²) in [6, 6.07) is 4.62. The quantitative estimate of drug-likeness (QED) is 0.543. The van der Waals surface area contributed by atoms with Gasteiger partial charge >= 0.3 is 0 Å². The van der Waals surface area contributed by atoms with Crippen molar-refractivity contribution in [1.29, 1.82) is 0 Å². The van der Waals surface area contributed by atoms with Gasteiger partial charge in [-0.25, -0.2) is 4.98 Å². The van der Waals surface area contributed by atoms with Crippen molar-refractivity contribution >= 4 is 25.2 Å². The van der Waals surface area contributed by atoms with Crippen LogP contribution in [-0.4, -0.2) is 40.4 Å². The number of hydrogen-bond donors (Lipinski definition) is 2. The molecule has 0 bridgehead atoms. The van der Waals surface area contributed by atoms with E-state index in [-0.39, 0.29) is 11.9 Å². The van der Waals surface area contributed by atoms with Crippen LogP contribution in [0.3, 0.4) is 0 Å². The minimum absolute atomic E-state index is 0.132. The molecule has 2 aromatic rings. The number of nitrogens with one attached hydrogen (secondary N) is 2. The fourth-order valence-corrected chi connectivity index (χ4v) is 4.83. The summed E-state index contributed by atoms with van der Waals surface area (Å²) in [4.78, 5) is 17.7. The molecule has 1 saturated carbocycles. The molecule has 1 aliphatic rings. The summed E-state index contributed by atoms with van der Waals surface area (Å²) in [5.74, 6) is 1.92. The number of rotatable bonds is 10. The molecule has 0 aromatic carbocycles. The van der Waals surface area contributed by atoms with Crippen LogP contribution in [0.2, 0.25) is 6.32 Å². The molecular weight excluding hydrogens is 385 g/mol. The van der Waals surface area contributed by atoms with E-state index in [1.807, 2.05) is 24.4 Å². The van der Waals surface area contributed by atoms with Gasteiger partial charge in [-0.1, -0.05) is 46.9 Å². The second-order valence-corrected chi connectivity index (χ2v) is 9.93. The molecule has 7 heteroatoms. The van der Waals surface area contributed by atoms with Crippen molar-refractivity contribution in [3.05, 3.63) is 24.0 Å². The van der Waals surface area contributed by atoms with Crippen LogP contribution in [0, 0.1) is 11.3 Å². The van der Waals surface area contributed by atoms with E-state index in [1.54, 1.807) is 6.20 Å². The molecule has 2 N–H and O–H groups in total. The second-order valence-electron chi connectivity index (χ2n) is 9.93. The molecule has 1 amide bonds. The summed E-state index contributed by atoms with van der Waals surface area (Å²) >= 11 is 0. The highest BCUT2D eigenvalue weighted by atomic mass is 16.2. The number of aromatic nitrogens is 3. The number of anilines is 1. The minimum atomic E-state index is -0.402. The maximum atomic E-state index is 12.9. The van der Waals surface area contributed by atoms with Gasteiger partial charge in [0.25, 0.3) is 0 Å². The van der Waals surface area contributed by atoms with Crippen LogP contribution in [0.4, 0.5) is 5.82 Å². The van der Waals surface area contributed by atoms with Crippen molar-refractivity contribution in [2.24, 2.45) is 11.3 Å². The van der Waals surface area contributed by atoms with Crippen molar-refractivity contribution < 1.29 is 4.79 Å². The number of hydrogen-bond acceptors (Lipinski definition) is 4. The van der Waals surface area contributed by atoms with Crippen LogP contribution < -0.4 is 10.6 Å². The zero-order chi connectivity index (χ0) is 22.6. The van der Waals surface area contributed by atoms with E-state index in [4.69, 9.17) is 12.8 Å². The molecule has 0 aliphatic heterocycles. The maximum absolute atomic E-state index is 12.9. The van der Waals surface area contributed by atoms with Crippen molar-refractivity contribution in [1.82, 2.24) is 19.9 Å². The Morgan fingerprint density at radius 2 is 2.00 bits per heavy atom. The van der Waals surface area contributed by atoms with E-state index in [0.29, 0.717) is 24.2 Å². The van der Waals surface area contributed by atoms with Crippen LogP contribution in [0.15, 0.2) is 18.3 Å². The van der Waals surface area contributed by atoms with Gasteiger partial charge in [0.2, 0.25) is 5.91 Å². The number of nitrogens with zero attached hydrogens (tertiary/aromatic N) is 3. The van der Waals surface area contributed by atoms with Crippen molar-refractivity contribution in [2.45, 2.75) is 97.5 Å². The van der Waals surface area contributed by atoms with Crippen LogP contribution >= 0.6 is 0 Å². The largest absolute Gasteiger partial charge is 0.367 e. The summed E-state index contributed by atoms with van der Waals surface area (Å²) in [7, 11) is 5.76. The minimum Gasteiger partial charge on any atom is -0.367 e. The van der Waals surface area contributed by atoms with Gasteiger partial charge < -0.3 is 10.6 Å². The summed E-state index contributed by atoms with van der Waals surface area (Å²) in [6.07, 6.45) is 8.28. The third kappa shape index (κ3) is 5.61. The van der Waals surface area contributed by atoms with Gasteiger partial charge in [0, 0.05) is 41.2 Å². The summed E-state index contributed by atoms with van der Waals surface area (Å²) in [5, 5.41) is 11.4. The van der Waals surface area contributed by atoms with E-state index < -0.39 is 5.41 Å². The molecule has 1 unspecified atom stereocenters. The lowest BCUT2D eigenvalue weighted by molar-refractivity contribution is -0.130. The first kappa shape index (κ1) is 23.6. The van der Waals surface area contributed by atoms with E-state index >= 15 is 0 Å². The molecule has 0 spiro atoms. The second kappa shape index (κ2) is 10.1. The van der Waals surface area contributed by atoms with E-state index in [0.717, 1.165) is 55.7 Å². The maximum Gasteiger partial charge on any atom is 0.225 e. The zero-order valence-electron chi connectivity index (χ0n) is 19.8. The first-order valence-corrected chi connectivity index (χ1v) is 11.9. The Hall–Kier alpha value is -2.05. The number of carbonyl (C=O) groups is 1. The van der Waals surface area contributed by atoms with Gasteiger partial charge in [-0.2, -0.15) is 9.61 Å². The van der Waals surface area contributed by atoms with Gasteiger partial charge in [-0.05, 0) is 38.5 Å². The Labute approximate surface area is 188 Å². The fraction of sp³-hybridized carbons (Fsp3) is 0.708. The number of amides is 1. The highest BCUT2D eigenvalue weighted by Crippen LogP contribution is 2.30. The van der Waals surface area contributed by atoms with Crippen LogP contribution in [0.1, 0.15) is 84.8 Å². The molecule has 1 fully saturated rings. The Morgan fingerprint density at radius 1 is 1.29 bits per heavy atom. The average Bonchev–Trinajstić information content (AvgIpc) is 3.38. The van der Waals surface area contributed by atoms with Gasteiger partial charge in [-0.3, -0.25) is 4.79 Å². The van der Waals surface area contributed by atoms with E-state index in [1.165, 1.54) is 0 Å². The molecule has 2 heterocycles. The molecule has 3 rings (SSSR count). The third-order valence-corrected chi connectivity index (χ3v) is 6.78. The predicted molar refractivity (Wildman–Crippen MR) is 128 cm³/mol. The first-order valence-electron chi connectivity index (χ1n) is 11.9. The Bertz CT molecular complexity index is 876. The molecule has 1 aliphatic carbocycles. The van der Waals surface area contributed by atoms with Crippen molar-refractivity contribution in [3.63, 3.8) is 0 Å². The molecule has 0 saturated heterocycles. The van der Waals surface area contributed by atoms with Crippen LogP contribution in [0.25, 0.3) is 5.65 Å².